The van der Waals surface area contributed by atoms with Crippen molar-refractivity contribution in [3.05, 3.63) is 69.7 Å². The number of nitrogens with zero attached hydrogens (tertiary/aromatic N) is 2. The Morgan fingerprint density at radius 1 is 0.875 bits per heavy atom. The van der Waals surface area contributed by atoms with Crippen LogP contribution >= 0.6 is 23.2 Å². The number of nitrogens with one attached hydrogen (secondary N) is 1. The average molecular weight is 474 g/mol. The van der Waals surface area contributed by atoms with Gasteiger partial charge < -0.3 is 15.1 Å². The van der Waals surface area contributed by atoms with Crippen LogP contribution in [0.2, 0.25) is 10.0 Å². The smallest absolute Gasteiger partial charge is 0.253 e. The maximum absolute atomic E-state index is 12.8. The summed E-state index contributed by atoms with van der Waals surface area (Å²) < 4.78 is 0. The fourth-order valence-corrected chi connectivity index (χ4v) is 5.00. The Hall–Kier alpha value is -2.08. The molecule has 2 aliphatic rings. The van der Waals surface area contributed by atoms with Gasteiger partial charge in [0.05, 0.1) is 10.0 Å². The number of likely N-dealkylation sites (tertiary alicyclic amines) is 2. The van der Waals surface area contributed by atoms with Crippen LogP contribution in [0.5, 0.6) is 0 Å². The van der Waals surface area contributed by atoms with Gasteiger partial charge in [-0.25, -0.2) is 0 Å². The van der Waals surface area contributed by atoms with E-state index >= 15 is 0 Å². The van der Waals surface area contributed by atoms with E-state index in [0.29, 0.717) is 28.2 Å². The number of carbonyl (C=O) groups is 2. The van der Waals surface area contributed by atoms with Crippen molar-refractivity contribution in [1.82, 2.24) is 15.1 Å². The zero-order chi connectivity index (χ0) is 22.5. The quantitative estimate of drug-likeness (QED) is 0.688. The zero-order valence-electron chi connectivity index (χ0n) is 18.1. The van der Waals surface area contributed by atoms with Gasteiger partial charge in [-0.1, -0.05) is 53.5 Å². The highest BCUT2D eigenvalue weighted by Gasteiger charge is 2.31. The summed E-state index contributed by atoms with van der Waals surface area (Å²) in [5.41, 5.74) is 1.71. The van der Waals surface area contributed by atoms with E-state index in [1.807, 2.05) is 35.2 Å². The van der Waals surface area contributed by atoms with Gasteiger partial charge in [-0.3, -0.25) is 9.59 Å². The monoisotopic (exact) mass is 473 g/mol. The molecule has 1 N–H and O–H groups in total. The van der Waals surface area contributed by atoms with Crippen molar-refractivity contribution in [2.24, 2.45) is 5.92 Å². The molecule has 2 amide bonds. The molecule has 7 heteroatoms. The van der Waals surface area contributed by atoms with Crippen LogP contribution in [0.25, 0.3) is 0 Å². The number of rotatable bonds is 5. The Balaban J connectivity index is 1.21. The lowest BCUT2D eigenvalue weighted by molar-refractivity contribution is -0.126. The Kier molecular flexibility index (Phi) is 7.71. The van der Waals surface area contributed by atoms with Crippen molar-refractivity contribution in [2.75, 3.05) is 26.2 Å². The number of hydrogen-bond acceptors (Lipinski definition) is 3. The molecule has 5 nitrogen and oxygen atoms in total. The molecule has 2 fully saturated rings. The van der Waals surface area contributed by atoms with E-state index in [-0.39, 0.29) is 17.7 Å². The molecule has 170 valence electrons. The van der Waals surface area contributed by atoms with Crippen LogP contribution in [0.4, 0.5) is 0 Å². The predicted octanol–water partition coefficient (Wildman–Crippen LogP) is 4.63. The molecule has 0 radical (unpaired) electrons. The van der Waals surface area contributed by atoms with Gasteiger partial charge in [0.2, 0.25) is 5.91 Å². The number of halogens is 2. The maximum atomic E-state index is 12.8. The zero-order valence-corrected chi connectivity index (χ0v) is 19.6. The highest BCUT2D eigenvalue weighted by molar-refractivity contribution is 6.42. The van der Waals surface area contributed by atoms with Gasteiger partial charge in [0.1, 0.15) is 0 Å². The minimum atomic E-state index is 0.0100. The molecule has 2 aromatic carbocycles. The first-order valence-corrected chi connectivity index (χ1v) is 12.1. The summed E-state index contributed by atoms with van der Waals surface area (Å²) in [6, 6.07) is 15.5. The second-order valence-corrected chi connectivity index (χ2v) is 9.48. The van der Waals surface area contributed by atoms with Crippen LogP contribution in [0.15, 0.2) is 48.5 Å². The van der Waals surface area contributed by atoms with Gasteiger partial charge in [-0.15, -0.1) is 0 Å². The van der Waals surface area contributed by atoms with Crippen LogP contribution in [-0.4, -0.2) is 53.8 Å². The summed E-state index contributed by atoms with van der Waals surface area (Å²) in [4.78, 5) is 29.8. The van der Waals surface area contributed by atoms with Gasteiger partial charge in [0, 0.05) is 37.2 Å². The van der Waals surface area contributed by atoms with E-state index in [1.54, 1.807) is 18.2 Å². The van der Waals surface area contributed by atoms with Crippen LogP contribution in [0, 0.1) is 5.92 Å². The van der Waals surface area contributed by atoms with Crippen molar-refractivity contribution >= 4 is 35.0 Å². The van der Waals surface area contributed by atoms with Gasteiger partial charge in [0.15, 0.2) is 0 Å². The van der Waals surface area contributed by atoms with Gasteiger partial charge >= 0.3 is 0 Å². The Morgan fingerprint density at radius 3 is 2.22 bits per heavy atom. The molecule has 0 unspecified atom stereocenters. The molecule has 32 heavy (non-hydrogen) atoms. The van der Waals surface area contributed by atoms with E-state index in [1.165, 1.54) is 0 Å². The molecule has 0 spiro atoms. The van der Waals surface area contributed by atoms with Crippen molar-refractivity contribution in [3.8, 4) is 0 Å². The van der Waals surface area contributed by atoms with Crippen molar-refractivity contribution in [1.29, 1.82) is 0 Å². The van der Waals surface area contributed by atoms with E-state index in [9.17, 15) is 9.59 Å². The van der Waals surface area contributed by atoms with Crippen molar-refractivity contribution in [3.63, 3.8) is 0 Å². The average Bonchev–Trinajstić information content (AvgIpc) is 2.84. The van der Waals surface area contributed by atoms with Gasteiger partial charge in [-0.05, 0) is 62.5 Å². The van der Waals surface area contributed by atoms with E-state index in [2.05, 4.69) is 10.2 Å². The predicted molar refractivity (Wildman–Crippen MR) is 128 cm³/mol. The third-order valence-corrected chi connectivity index (χ3v) is 7.38. The molecular weight excluding hydrogens is 445 g/mol. The number of hydrogen-bond donors (Lipinski definition) is 1. The van der Waals surface area contributed by atoms with E-state index in [0.717, 1.165) is 57.4 Å². The summed E-state index contributed by atoms with van der Waals surface area (Å²) in [5.74, 6) is 0.262. The normalized spacial score (nSPS) is 18.5. The largest absolute Gasteiger partial charge is 0.352 e. The van der Waals surface area contributed by atoms with Gasteiger partial charge in [0.25, 0.3) is 5.91 Å². The molecule has 0 aliphatic carbocycles. The first-order chi connectivity index (χ1) is 15.5. The van der Waals surface area contributed by atoms with Crippen LogP contribution < -0.4 is 5.32 Å². The van der Waals surface area contributed by atoms with Gasteiger partial charge in [-0.2, -0.15) is 0 Å². The molecule has 0 saturated carbocycles. The lowest BCUT2D eigenvalue weighted by atomic mass is 9.92. The molecule has 0 atom stereocenters. The molecule has 4 rings (SSSR count). The standard InChI is InChI=1S/C25H29Cl2N3O2/c26-22-7-6-20(16-23(22)27)25(32)30-14-10-21(11-15-30)29-12-8-19(9-13-29)24(31)28-17-18-4-2-1-3-5-18/h1-7,16,19,21H,8-15,17H2,(H,28,31). The number of benzene rings is 2. The highest BCUT2D eigenvalue weighted by atomic mass is 35.5. The Labute approximate surface area is 199 Å². The summed E-state index contributed by atoms with van der Waals surface area (Å²) in [5, 5.41) is 3.95. The Bertz CT molecular complexity index is 937. The number of amides is 2. The summed E-state index contributed by atoms with van der Waals surface area (Å²) >= 11 is 12.0. The Morgan fingerprint density at radius 2 is 1.56 bits per heavy atom. The second kappa shape index (κ2) is 10.7. The fraction of sp³-hybridized carbons (Fsp3) is 0.440. The summed E-state index contributed by atoms with van der Waals surface area (Å²) in [6.45, 7) is 3.94. The van der Waals surface area contributed by atoms with Crippen LogP contribution in [0.3, 0.4) is 0 Å². The molecule has 2 aromatic rings. The first kappa shape index (κ1) is 23.1. The minimum absolute atomic E-state index is 0.0100. The summed E-state index contributed by atoms with van der Waals surface area (Å²) in [7, 11) is 0. The van der Waals surface area contributed by atoms with Crippen molar-refractivity contribution in [2.45, 2.75) is 38.3 Å². The molecule has 0 aromatic heterocycles. The third kappa shape index (κ3) is 5.64. The number of piperidine rings is 2. The number of carbonyl (C=O) groups excluding carboxylic acids is 2. The molecular formula is C25H29Cl2N3O2. The first-order valence-electron chi connectivity index (χ1n) is 11.3. The van der Waals surface area contributed by atoms with Crippen LogP contribution in [0.1, 0.15) is 41.6 Å². The van der Waals surface area contributed by atoms with Crippen molar-refractivity contribution < 1.29 is 9.59 Å². The van der Waals surface area contributed by atoms with E-state index in [4.69, 9.17) is 23.2 Å². The van der Waals surface area contributed by atoms with Crippen LogP contribution in [-0.2, 0) is 11.3 Å². The minimum Gasteiger partial charge on any atom is -0.352 e. The highest BCUT2D eigenvalue weighted by Crippen LogP contribution is 2.27. The second-order valence-electron chi connectivity index (χ2n) is 8.67. The lowest BCUT2D eigenvalue weighted by Crippen LogP contribution is -2.50. The molecule has 2 heterocycles. The molecule has 0 bridgehead atoms. The van der Waals surface area contributed by atoms with E-state index < -0.39 is 0 Å². The maximum Gasteiger partial charge on any atom is 0.253 e. The third-order valence-electron chi connectivity index (χ3n) is 6.64. The molecule has 2 aliphatic heterocycles. The SMILES string of the molecule is O=C(NCc1ccccc1)C1CCN(C2CCN(C(=O)c3ccc(Cl)c(Cl)c3)CC2)CC1. The lowest BCUT2D eigenvalue weighted by Gasteiger charge is -2.41. The summed E-state index contributed by atoms with van der Waals surface area (Å²) in [6.07, 6.45) is 3.70. The fourth-order valence-electron chi connectivity index (χ4n) is 4.70. The topological polar surface area (TPSA) is 52.7 Å². The molecule has 2 saturated heterocycles.